The van der Waals surface area contributed by atoms with E-state index >= 15 is 0 Å². The smallest absolute Gasteiger partial charge is 0.160 e. The van der Waals surface area contributed by atoms with Gasteiger partial charge < -0.3 is 19.3 Å². The number of rotatable bonds is 2. The average molecular weight is 186 g/mol. The van der Waals surface area contributed by atoms with Gasteiger partial charge in [0, 0.05) is 6.42 Å². The zero-order chi connectivity index (χ0) is 9.10. The van der Waals surface area contributed by atoms with Gasteiger partial charge >= 0.3 is 0 Å². The fourth-order valence-electron chi connectivity index (χ4n) is 1.54. The van der Waals surface area contributed by atoms with Gasteiger partial charge in [-0.25, -0.2) is 0 Å². The van der Waals surface area contributed by atoms with Gasteiger partial charge in [0.05, 0.1) is 32.0 Å². The Hall–Kier alpha value is -0.420. The van der Waals surface area contributed by atoms with Crippen molar-refractivity contribution in [1.29, 1.82) is 0 Å². The summed E-state index contributed by atoms with van der Waals surface area (Å²) < 4.78 is 15.9. The maximum absolute atomic E-state index is 9.51. The number of hydrogen-bond acceptors (Lipinski definition) is 4. The van der Waals surface area contributed by atoms with Crippen LogP contribution in [0.4, 0.5) is 0 Å². The van der Waals surface area contributed by atoms with Gasteiger partial charge in [0.1, 0.15) is 0 Å². The van der Waals surface area contributed by atoms with Gasteiger partial charge in [-0.1, -0.05) is 12.2 Å². The second kappa shape index (κ2) is 4.19. The number of ether oxygens (including phenoxy) is 3. The minimum absolute atomic E-state index is 0.187. The Kier molecular flexibility index (Phi) is 2.95. The van der Waals surface area contributed by atoms with Crippen LogP contribution in [0.25, 0.3) is 0 Å². The highest BCUT2D eigenvalue weighted by molar-refractivity contribution is 4.97. The standard InChI is InChI=1S/C9H14O4/c10-7-2-1-3-11-8(7)6-9-12-4-5-13-9/h1-2,7-10H,3-6H2. The summed E-state index contributed by atoms with van der Waals surface area (Å²) >= 11 is 0. The van der Waals surface area contributed by atoms with Crippen LogP contribution in [0.15, 0.2) is 12.2 Å². The summed E-state index contributed by atoms with van der Waals surface area (Å²) in [5, 5.41) is 9.51. The molecule has 1 saturated heterocycles. The normalized spacial score (nSPS) is 35.5. The molecule has 2 aliphatic rings. The van der Waals surface area contributed by atoms with Crippen LogP contribution in [0.5, 0.6) is 0 Å². The fourth-order valence-corrected chi connectivity index (χ4v) is 1.54. The lowest BCUT2D eigenvalue weighted by Gasteiger charge is -2.25. The first-order chi connectivity index (χ1) is 6.36. The van der Waals surface area contributed by atoms with Gasteiger partial charge in [0.15, 0.2) is 6.29 Å². The maximum atomic E-state index is 9.51. The molecule has 2 heterocycles. The van der Waals surface area contributed by atoms with Gasteiger partial charge in [0.2, 0.25) is 0 Å². The number of aliphatic hydroxyl groups is 1. The topological polar surface area (TPSA) is 47.9 Å². The highest BCUT2D eigenvalue weighted by atomic mass is 16.7. The molecular formula is C9H14O4. The van der Waals surface area contributed by atoms with E-state index in [2.05, 4.69) is 0 Å². The van der Waals surface area contributed by atoms with E-state index in [1.807, 2.05) is 6.08 Å². The molecule has 2 rings (SSSR count). The van der Waals surface area contributed by atoms with Crippen LogP contribution in [0, 0.1) is 0 Å². The number of hydrogen-bond donors (Lipinski definition) is 1. The van der Waals surface area contributed by atoms with Gasteiger partial charge in [0.25, 0.3) is 0 Å². The molecule has 0 saturated carbocycles. The lowest BCUT2D eigenvalue weighted by molar-refractivity contribution is -0.104. The third-order valence-corrected chi connectivity index (χ3v) is 2.24. The van der Waals surface area contributed by atoms with E-state index in [1.54, 1.807) is 6.08 Å². The van der Waals surface area contributed by atoms with E-state index < -0.39 is 6.10 Å². The fraction of sp³-hybridized carbons (Fsp3) is 0.778. The summed E-state index contributed by atoms with van der Waals surface area (Å²) in [6.07, 6.45) is 3.26. The van der Waals surface area contributed by atoms with Crippen LogP contribution in [0.3, 0.4) is 0 Å². The molecule has 0 spiro atoms. The third-order valence-electron chi connectivity index (χ3n) is 2.24. The Labute approximate surface area is 77.1 Å². The molecule has 0 aromatic heterocycles. The zero-order valence-electron chi connectivity index (χ0n) is 7.39. The van der Waals surface area contributed by atoms with E-state index in [9.17, 15) is 5.11 Å². The molecule has 1 N–H and O–H groups in total. The van der Waals surface area contributed by atoms with Crippen LogP contribution in [-0.4, -0.2) is 43.4 Å². The molecule has 0 amide bonds. The van der Waals surface area contributed by atoms with Crippen molar-refractivity contribution in [3.63, 3.8) is 0 Å². The van der Waals surface area contributed by atoms with Crippen molar-refractivity contribution in [3.8, 4) is 0 Å². The average Bonchev–Trinajstić information content (AvgIpc) is 2.61. The molecule has 13 heavy (non-hydrogen) atoms. The SMILES string of the molecule is OC1C=CCOC1CC1OCCO1. The first-order valence-electron chi connectivity index (χ1n) is 4.56. The Morgan fingerprint density at radius 1 is 1.23 bits per heavy atom. The first-order valence-corrected chi connectivity index (χ1v) is 4.56. The summed E-state index contributed by atoms with van der Waals surface area (Å²) in [5.74, 6) is 0. The molecule has 1 fully saturated rings. The molecule has 2 aliphatic heterocycles. The van der Waals surface area contributed by atoms with Gasteiger partial charge in [-0.15, -0.1) is 0 Å². The Morgan fingerprint density at radius 3 is 2.69 bits per heavy atom. The molecule has 0 bridgehead atoms. The van der Waals surface area contributed by atoms with Crippen molar-refractivity contribution in [1.82, 2.24) is 0 Å². The largest absolute Gasteiger partial charge is 0.386 e. The molecule has 0 aliphatic carbocycles. The van der Waals surface area contributed by atoms with Gasteiger partial charge in [-0.05, 0) is 0 Å². The van der Waals surface area contributed by atoms with E-state index in [-0.39, 0.29) is 12.4 Å². The van der Waals surface area contributed by atoms with Crippen molar-refractivity contribution in [2.75, 3.05) is 19.8 Å². The Morgan fingerprint density at radius 2 is 2.00 bits per heavy atom. The van der Waals surface area contributed by atoms with E-state index in [0.717, 1.165) is 0 Å². The Bertz CT molecular complexity index is 186. The lowest BCUT2D eigenvalue weighted by atomic mass is 10.1. The molecule has 0 aromatic carbocycles. The second-order valence-electron chi connectivity index (χ2n) is 3.20. The van der Waals surface area contributed by atoms with Gasteiger partial charge in [-0.2, -0.15) is 0 Å². The predicted molar refractivity (Wildman–Crippen MR) is 45.2 cm³/mol. The molecular weight excluding hydrogens is 172 g/mol. The minimum atomic E-state index is -0.526. The van der Waals surface area contributed by atoms with Crippen molar-refractivity contribution >= 4 is 0 Å². The quantitative estimate of drug-likeness (QED) is 0.620. The first kappa shape index (κ1) is 9.15. The Balaban J connectivity index is 1.82. The highest BCUT2D eigenvalue weighted by Crippen LogP contribution is 2.17. The summed E-state index contributed by atoms with van der Waals surface area (Å²) in [5.41, 5.74) is 0. The summed E-state index contributed by atoms with van der Waals surface area (Å²) in [7, 11) is 0. The van der Waals surface area contributed by atoms with Crippen LogP contribution in [0.1, 0.15) is 6.42 Å². The summed E-state index contributed by atoms with van der Waals surface area (Å²) in [6.45, 7) is 1.85. The molecule has 74 valence electrons. The van der Waals surface area contributed by atoms with E-state index in [4.69, 9.17) is 14.2 Å². The predicted octanol–water partition coefficient (Wildman–Crippen LogP) is 0.0653. The minimum Gasteiger partial charge on any atom is -0.386 e. The van der Waals surface area contributed by atoms with Crippen LogP contribution in [-0.2, 0) is 14.2 Å². The monoisotopic (exact) mass is 186 g/mol. The van der Waals surface area contributed by atoms with Crippen molar-refractivity contribution < 1.29 is 19.3 Å². The molecule has 0 radical (unpaired) electrons. The molecule has 2 unspecified atom stereocenters. The van der Waals surface area contributed by atoms with Crippen molar-refractivity contribution in [2.24, 2.45) is 0 Å². The molecule has 0 aromatic rings. The second-order valence-corrected chi connectivity index (χ2v) is 3.20. The summed E-state index contributed by atoms with van der Waals surface area (Å²) in [6, 6.07) is 0. The van der Waals surface area contributed by atoms with Crippen LogP contribution >= 0.6 is 0 Å². The van der Waals surface area contributed by atoms with Gasteiger partial charge in [-0.3, -0.25) is 0 Å². The molecule has 4 heteroatoms. The lowest BCUT2D eigenvalue weighted by Crippen LogP contribution is -2.34. The molecule has 4 nitrogen and oxygen atoms in total. The van der Waals surface area contributed by atoms with Crippen LogP contribution < -0.4 is 0 Å². The van der Waals surface area contributed by atoms with E-state index in [1.165, 1.54) is 0 Å². The zero-order valence-corrected chi connectivity index (χ0v) is 7.39. The highest BCUT2D eigenvalue weighted by Gasteiger charge is 2.27. The van der Waals surface area contributed by atoms with Crippen molar-refractivity contribution in [2.45, 2.75) is 24.9 Å². The molecule has 2 atom stereocenters. The van der Waals surface area contributed by atoms with E-state index in [0.29, 0.717) is 26.2 Å². The van der Waals surface area contributed by atoms with Crippen molar-refractivity contribution in [3.05, 3.63) is 12.2 Å². The number of aliphatic hydroxyl groups excluding tert-OH is 1. The maximum Gasteiger partial charge on any atom is 0.160 e. The van der Waals surface area contributed by atoms with Crippen LogP contribution in [0.2, 0.25) is 0 Å². The summed E-state index contributed by atoms with van der Waals surface area (Å²) in [4.78, 5) is 0. The third kappa shape index (κ3) is 2.28.